The van der Waals surface area contributed by atoms with Crippen LogP contribution in [0.2, 0.25) is 0 Å². The highest BCUT2D eigenvalue weighted by Crippen LogP contribution is 2.30. The van der Waals surface area contributed by atoms with Gasteiger partial charge in [-0.2, -0.15) is 0 Å². The number of rotatable bonds is 7. The van der Waals surface area contributed by atoms with E-state index in [1.807, 2.05) is 19.1 Å². The van der Waals surface area contributed by atoms with Crippen molar-refractivity contribution >= 4 is 15.9 Å². The van der Waals surface area contributed by atoms with Crippen LogP contribution in [0.4, 0.5) is 0 Å². The van der Waals surface area contributed by atoms with Crippen molar-refractivity contribution < 1.29 is 4.74 Å². The van der Waals surface area contributed by atoms with Crippen LogP contribution in [0.1, 0.15) is 51.1 Å². The Hall–Kier alpha value is -0.540. The van der Waals surface area contributed by atoms with Crippen molar-refractivity contribution in [1.29, 1.82) is 0 Å². The van der Waals surface area contributed by atoms with E-state index in [0.717, 1.165) is 22.2 Å². The molecule has 1 aromatic carbocycles. The first kappa shape index (κ1) is 14.5. The van der Waals surface area contributed by atoms with E-state index in [9.17, 15) is 0 Å². The average molecular weight is 300 g/mol. The van der Waals surface area contributed by atoms with Crippen LogP contribution < -0.4 is 10.5 Å². The summed E-state index contributed by atoms with van der Waals surface area (Å²) < 4.78 is 6.68. The highest BCUT2D eigenvalue weighted by Gasteiger charge is 2.12. The molecule has 1 unspecified atom stereocenters. The molecule has 96 valence electrons. The average Bonchev–Trinajstić information content (AvgIpc) is 2.32. The highest BCUT2D eigenvalue weighted by molar-refractivity contribution is 9.10. The Morgan fingerprint density at radius 1 is 1.29 bits per heavy atom. The molecule has 0 aromatic heterocycles. The molecule has 3 heteroatoms. The Kier molecular flexibility index (Phi) is 6.60. The van der Waals surface area contributed by atoms with E-state index in [1.165, 1.54) is 19.3 Å². The molecular formula is C14H22BrNO. The first-order valence-corrected chi connectivity index (χ1v) is 7.16. The lowest BCUT2D eigenvalue weighted by molar-refractivity contribution is 0.333. The third-order valence-corrected chi connectivity index (χ3v) is 3.28. The van der Waals surface area contributed by atoms with Gasteiger partial charge in [0.2, 0.25) is 0 Å². The molecule has 0 fully saturated rings. The van der Waals surface area contributed by atoms with E-state index in [4.69, 9.17) is 10.5 Å². The number of hydrogen-bond donors (Lipinski definition) is 1. The van der Waals surface area contributed by atoms with Crippen LogP contribution >= 0.6 is 15.9 Å². The minimum absolute atomic E-state index is 0.0700. The van der Waals surface area contributed by atoms with Crippen LogP contribution in [-0.4, -0.2) is 6.61 Å². The molecule has 0 heterocycles. The monoisotopic (exact) mass is 299 g/mol. The molecule has 1 rings (SSSR count). The minimum Gasteiger partial charge on any atom is -0.494 e. The van der Waals surface area contributed by atoms with Gasteiger partial charge in [-0.15, -0.1) is 0 Å². The number of ether oxygens (including phenoxy) is 1. The second-order valence-corrected chi connectivity index (χ2v) is 5.13. The van der Waals surface area contributed by atoms with Crippen molar-refractivity contribution in [3.8, 4) is 5.75 Å². The van der Waals surface area contributed by atoms with Gasteiger partial charge in [0.05, 0.1) is 6.61 Å². The smallest absolute Gasteiger partial charge is 0.124 e. The zero-order valence-corrected chi connectivity index (χ0v) is 12.3. The van der Waals surface area contributed by atoms with Gasteiger partial charge in [0.1, 0.15) is 5.75 Å². The molecule has 0 amide bonds. The van der Waals surface area contributed by atoms with Gasteiger partial charge in [-0.1, -0.05) is 42.1 Å². The number of halogens is 1. The van der Waals surface area contributed by atoms with Gasteiger partial charge in [0, 0.05) is 16.1 Å². The van der Waals surface area contributed by atoms with Crippen molar-refractivity contribution in [2.75, 3.05) is 6.61 Å². The van der Waals surface area contributed by atoms with E-state index in [0.29, 0.717) is 6.61 Å². The molecule has 0 aliphatic heterocycles. The maximum absolute atomic E-state index is 6.23. The molecule has 0 spiro atoms. The molecule has 0 radical (unpaired) electrons. The van der Waals surface area contributed by atoms with E-state index in [1.54, 1.807) is 0 Å². The molecular weight excluding hydrogens is 278 g/mol. The predicted molar refractivity (Wildman–Crippen MR) is 76.4 cm³/mol. The lowest BCUT2D eigenvalue weighted by atomic mass is 10.0. The molecule has 1 aromatic rings. The van der Waals surface area contributed by atoms with Crippen LogP contribution in [0.3, 0.4) is 0 Å². The van der Waals surface area contributed by atoms with Gasteiger partial charge in [0.15, 0.2) is 0 Å². The number of nitrogens with two attached hydrogens (primary N) is 1. The van der Waals surface area contributed by atoms with Crippen LogP contribution in [0.25, 0.3) is 0 Å². The second kappa shape index (κ2) is 7.72. The van der Waals surface area contributed by atoms with Crippen molar-refractivity contribution in [1.82, 2.24) is 0 Å². The van der Waals surface area contributed by atoms with E-state index >= 15 is 0 Å². The number of hydrogen-bond acceptors (Lipinski definition) is 2. The Morgan fingerprint density at radius 3 is 2.71 bits per heavy atom. The van der Waals surface area contributed by atoms with E-state index < -0.39 is 0 Å². The summed E-state index contributed by atoms with van der Waals surface area (Å²) in [6.07, 6.45) is 4.66. The molecule has 0 bridgehead atoms. The molecule has 2 N–H and O–H groups in total. The molecule has 0 aliphatic carbocycles. The van der Waals surface area contributed by atoms with Gasteiger partial charge in [-0.05, 0) is 31.5 Å². The first-order chi connectivity index (χ1) is 8.19. The molecule has 0 aliphatic rings. The van der Waals surface area contributed by atoms with Crippen molar-refractivity contribution in [2.45, 2.75) is 45.6 Å². The van der Waals surface area contributed by atoms with E-state index in [2.05, 4.69) is 28.9 Å². The SMILES string of the molecule is CCCCCC(N)c1cc(Br)ccc1OCC. The Balaban J connectivity index is 2.74. The zero-order chi connectivity index (χ0) is 12.7. The fraction of sp³-hybridized carbons (Fsp3) is 0.571. The summed E-state index contributed by atoms with van der Waals surface area (Å²) in [5, 5.41) is 0. The Morgan fingerprint density at radius 2 is 2.06 bits per heavy atom. The minimum atomic E-state index is 0.0700. The molecule has 1 atom stereocenters. The molecule has 2 nitrogen and oxygen atoms in total. The number of benzene rings is 1. The highest BCUT2D eigenvalue weighted by atomic mass is 79.9. The van der Waals surface area contributed by atoms with Crippen molar-refractivity contribution in [2.24, 2.45) is 5.73 Å². The summed E-state index contributed by atoms with van der Waals surface area (Å²) in [6.45, 7) is 4.88. The molecule has 0 saturated heterocycles. The Bertz CT molecular complexity index is 341. The molecule has 17 heavy (non-hydrogen) atoms. The van der Waals surface area contributed by atoms with E-state index in [-0.39, 0.29) is 6.04 Å². The maximum Gasteiger partial charge on any atom is 0.124 e. The maximum atomic E-state index is 6.23. The quantitative estimate of drug-likeness (QED) is 0.756. The van der Waals surface area contributed by atoms with Crippen molar-refractivity contribution in [3.05, 3.63) is 28.2 Å². The van der Waals surface area contributed by atoms with Crippen LogP contribution in [-0.2, 0) is 0 Å². The van der Waals surface area contributed by atoms with Crippen LogP contribution in [0.5, 0.6) is 5.75 Å². The number of unbranched alkanes of at least 4 members (excludes halogenated alkanes) is 2. The zero-order valence-electron chi connectivity index (χ0n) is 10.7. The first-order valence-electron chi connectivity index (χ1n) is 6.36. The van der Waals surface area contributed by atoms with Gasteiger partial charge < -0.3 is 10.5 Å². The van der Waals surface area contributed by atoms with Gasteiger partial charge in [0.25, 0.3) is 0 Å². The topological polar surface area (TPSA) is 35.2 Å². The normalized spacial score (nSPS) is 12.5. The second-order valence-electron chi connectivity index (χ2n) is 4.22. The van der Waals surface area contributed by atoms with Crippen LogP contribution in [0.15, 0.2) is 22.7 Å². The largest absolute Gasteiger partial charge is 0.494 e. The van der Waals surface area contributed by atoms with Crippen molar-refractivity contribution in [3.63, 3.8) is 0 Å². The summed E-state index contributed by atoms with van der Waals surface area (Å²) >= 11 is 3.49. The van der Waals surface area contributed by atoms with Gasteiger partial charge in [-0.3, -0.25) is 0 Å². The third kappa shape index (κ3) is 4.68. The summed E-state index contributed by atoms with van der Waals surface area (Å²) in [4.78, 5) is 0. The fourth-order valence-corrected chi connectivity index (χ4v) is 2.24. The summed E-state index contributed by atoms with van der Waals surface area (Å²) in [5.74, 6) is 0.916. The predicted octanol–water partition coefficient (Wildman–Crippen LogP) is 4.43. The third-order valence-electron chi connectivity index (χ3n) is 2.79. The molecule has 0 saturated carbocycles. The Labute approximate surface area is 113 Å². The van der Waals surface area contributed by atoms with Gasteiger partial charge >= 0.3 is 0 Å². The van der Waals surface area contributed by atoms with Crippen LogP contribution in [0, 0.1) is 0 Å². The standard InChI is InChI=1S/C14H22BrNO/c1-3-5-6-7-13(16)12-10-11(15)8-9-14(12)17-4-2/h8-10,13H,3-7,16H2,1-2H3. The summed E-state index contributed by atoms with van der Waals surface area (Å²) in [6, 6.07) is 6.12. The summed E-state index contributed by atoms with van der Waals surface area (Å²) in [7, 11) is 0. The lowest BCUT2D eigenvalue weighted by Crippen LogP contribution is -2.12. The summed E-state index contributed by atoms with van der Waals surface area (Å²) in [5.41, 5.74) is 7.34. The fourth-order valence-electron chi connectivity index (χ4n) is 1.87. The van der Waals surface area contributed by atoms with Gasteiger partial charge in [-0.25, -0.2) is 0 Å². The lowest BCUT2D eigenvalue weighted by Gasteiger charge is -2.17.